The number of thiol groups is 1. The molecule has 0 aromatic heterocycles. The molecule has 0 saturated heterocycles. The summed E-state index contributed by atoms with van der Waals surface area (Å²) in [5.74, 6) is 1.03. The Hall–Kier alpha value is 0.310. The van der Waals surface area contributed by atoms with Gasteiger partial charge in [0.1, 0.15) is 0 Å². The van der Waals surface area contributed by atoms with E-state index in [0.717, 1.165) is 18.6 Å². The lowest BCUT2D eigenvalue weighted by Gasteiger charge is -2.02. The first-order valence-corrected chi connectivity index (χ1v) is 8.07. The van der Waals surface area contributed by atoms with Crippen LogP contribution in [0.5, 0.6) is 0 Å². The van der Waals surface area contributed by atoms with Crippen LogP contribution in [0.15, 0.2) is 0 Å². The van der Waals surface area contributed by atoms with Gasteiger partial charge in [0.2, 0.25) is 5.24 Å². The van der Waals surface area contributed by atoms with E-state index >= 15 is 0 Å². The highest BCUT2D eigenvalue weighted by atomic mass is 35.5. The summed E-state index contributed by atoms with van der Waals surface area (Å²) in [5, 5.41) is -0.189. The molecule has 102 valence electrons. The van der Waals surface area contributed by atoms with Gasteiger partial charge in [-0.3, -0.25) is 4.79 Å². The molecule has 17 heavy (non-hydrogen) atoms. The van der Waals surface area contributed by atoms with Gasteiger partial charge in [0.05, 0.1) is 0 Å². The summed E-state index contributed by atoms with van der Waals surface area (Å²) in [4.78, 5) is 10.5. The second-order valence-corrected chi connectivity index (χ2v) is 5.59. The highest BCUT2D eigenvalue weighted by Crippen LogP contribution is 2.12. The Morgan fingerprint density at radius 2 is 1.06 bits per heavy atom. The molecular weight excluding hydrogens is 252 g/mol. The average Bonchev–Trinajstić information content (AvgIpc) is 2.30. The summed E-state index contributed by atoms with van der Waals surface area (Å²) >= 11 is 9.47. The molecule has 0 radical (unpaired) electrons. The predicted molar refractivity (Wildman–Crippen MR) is 80.1 cm³/mol. The molecule has 0 bridgehead atoms. The third-order valence-corrected chi connectivity index (χ3v) is 3.54. The van der Waals surface area contributed by atoms with Gasteiger partial charge in [-0.1, -0.05) is 57.8 Å². The maximum absolute atomic E-state index is 10.5. The van der Waals surface area contributed by atoms with E-state index in [1.165, 1.54) is 57.8 Å². The Morgan fingerprint density at radius 3 is 1.41 bits per heavy atom. The largest absolute Gasteiger partial charge is 0.281 e. The molecule has 0 fully saturated rings. The Labute approximate surface area is 117 Å². The molecule has 0 aromatic carbocycles. The zero-order valence-corrected chi connectivity index (χ0v) is 12.6. The highest BCUT2D eigenvalue weighted by molar-refractivity contribution is 7.80. The molecule has 0 aromatic rings. The standard InChI is InChI=1S/C14H27ClOS/c15-14(16)12-10-8-6-4-2-1-3-5-7-9-11-13-17/h17H,1-13H2. The molecule has 0 unspecified atom stereocenters. The van der Waals surface area contributed by atoms with Crippen molar-refractivity contribution in [2.45, 2.75) is 77.0 Å². The highest BCUT2D eigenvalue weighted by Gasteiger charge is 1.96. The topological polar surface area (TPSA) is 17.1 Å². The van der Waals surface area contributed by atoms with Crippen LogP contribution in [0, 0.1) is 0 Å². The molecule has 3 heteroatoms. The summed E-state index contributed by atoms with van der Waals surface area (Å²) < 4.78 is 0. The van der Waals surface area contributed by atoms with Gasteiger partial charge in [0.25, 0.3) is 0 Å². The first-order chi connectivity index (χ1) is 8.27. The van der Waals surface area contributed by atoms with Crippen LogP contribution in [0.4, 0.5) is 0 Å². The van der Waals surface area contributed by atoms with Crippen LogP contribution in [0.1, 0.15) is 77.0 Å². The number of carbonyl (C=O) groups excluding carboxylic acids is 1. The Kier molecular flexibility index (Phi) is 14.6. The Balaban J connectivity index is 2.91. The summed E-state index contributed by atoms with van der Waals surface area (Å²) in [5.41, 5.74) is 0. The molecule has 0 N–H and O–H groups in total. The van der Waals surface area contributed by atoms with Crippen molar-refractivity contribution in [1.29, 1.82) is 0 Å². The van der Waals surface area contributed by atoms with Gasteiger partial charge >= 0.3 is 0 Å². The summed E-state index contributed by atoms with van der Waals surface area (Å²) in [6.07, 6.45) is 14.7. The zero-order chi connectivity index (χ0) is 12.8. The van der Waals surface area contributed by atoms with Gasteiger partial charge in [0, 0.05) is 6.42 Å². The minimum atomic E-state index is -0.189. The van der Waals surface area contributed by atoms with Crippen LogP contribution in [-0.2, 0) is 4.79 Å². The van der Waals surface area contributed by atoms with Crippen LogP contribution in [-0.4, -0.2) is 11.0 Å². The van der Waals surface area contributed by atoms with Crippen molar-refractivity contribution in [2.24, 2.45) is 0 Å². The van der Waals surface area contributed by atoms with E-state index < -0.39 is 0 Å². The van der Waals surface area contributed by atoms with Gasteiger partial charge in [-0.25, -0.2) is 0 Å². The fourth-order valence-electron chi connectivity index (χ4n) is 1.97. The number of hydrogen-bond donors (Lipinski definition) is 1. The van der Waals surface area contributed by atoms with Crippen LogP contribution >= 0.6 is 24.2 Å². The maximum Gasteiger partial charge on any atom is 0.221 e. The van der Waals surface area contributed by atoms with E-state index in [4.69, 9.17) is 11.6 Å². The van der Waals surface area contributed by atoms with Gasteiger partial charge in [-0.05, 0) is 30.2 Å². The van der Waals surface area contributed by atoms with Crippen LogP contribution < -0.4 is 0 Å². The molecule has 0 aliphatic rings. The third kappa shape index (κ3) is 16.3. The number of rotatable bonds is 13. The van der Waals surface area contributed by atoms with Crippen molar-refractivity contribution in [3.05, 3.63) is 0 Å². The van der Waals surface area contributed by atoms with E-state index in [-0.39, 0.29) is 5.24 Å². The number of carbonyl (C=O) groups is 1. The quantitative estimate of drug-likeness (QED) is 0.272. The molecule has 0 spiro atoms. The van der Waals surface area contributed by atoms with E-state index in [9.17, 15) is 4.79 Å². The van der Waals surface area contributed by atoms with Gasteiger partial charge in [-0.2, -0.15) is 12.6 Å². The van der Waals surface area contributed by atoms with Crippen LogP contribution in [0.3, 0.4) is 0 Å². The van der Waals surface area contributed by atoms with E-state index in [0.29, 0.717) is 6.42 Å². The van der Waals surface area contributed by atoms with E-state index in [2.05, 4.69) is 12.6 Å². The lowest BCUT2D eigenvalue weighted by atomic mass is 10.1. The lowest BCUT2D eigenvalue weighted by molar-refractivity contribution is -0.111. The molecule has 0 aliphatic carbocycles. The average molecular weight is 279 g/mol. The fourth-order valence-corrected chi connectivity index (χ4v) is 2.32. The van der Waals surface area contributed by atoms with Crippen molar-refractivity contribution in [1.82, 2.24) is 0 Å². The second kappa shape index (κ2) is 14.4. The summed E-state index contributed by atoms with van der Waals surface area (Å²) in [7, 11) is 0. The smallest absolute Gasteiger partial charge is 0.221 e. The summed E-state index contributed by atoms with van der Waals surface area (Å²) in [6.45, 7) is 0. The maximum atomic E-state index is 10.5. The molecule has 0 atom stereocenters. The third-order valence-electron chi connectivity index (χ3n) is 3.03. The summed E-state index contributed by atoms with van der Waals surface area (Å²) in [6, 6.07) is 0. The minimum absolute atomic E-state index is 0.189. The first-order valence-electron chi connectivity index (χ1n) is 7.06. The number of unbranched alkanes of at least 4 members (excludes halogenated alkanes) is 10. The fraction of sp³-hybridized carbons (Fsp3) is 0.929. The van der Waals surface area contributed by atoms with Crippen molar-refractivity contribution < 1.29 is 4.79 Å². The van der Waals surface area contributed by atoms with E-state index in [1.807, 2.05) is 0 Å². The Morgan fingerprint density at radius 1 is 0.706 bits per heavy atom. The van der Waals surface area contributed by atoms with Crippen LogP contribution in [0.25, 0.3) is 0 Å². The monoisotopic (exact) mass is 278 g/mol. The second-order valence-electron chi connectivity index (χ2n) is 4.72. The first kappa shape index (κ1) is 17.3. The molecule has 0 rings (SSSR count). The number of halogens is 1. The van der Waals surface area contributed by atoms with Crippen LogP contribution in [0.2, 0.25) is 0 Å². The predicted octanol–water partition coefficient (Wildman–Crippen LogP) is 5.36. The number of hydrogen-bond acceptors (Lipinski definition) is 2. The molecular formula is C14H27ClOS. The van der Waals surface area contributed by atoms with Gasteiger partial charge in [-0.15, -0.1) is 0 Å². The SMILES string of the molecule is O=C(Cl)CCCCCCCCCCCCCS. The van der Waals surface area contributed by atoms with Crippen molar-refractivity contribution in [2.75, 3.05) is 5.75 Å². The molecule has 0 saturated carbocycles. The van der Waals surface area contributed by atoms with Gasteiger partial charge < -0.3 is 0 Å². The molecule has 0 amide bonds. The van der Waals surface area contributed by atoms with Crippen molar-refractivity contribution in [3.8, 4) is 0 Å². The minimum Gasteiger partial charge on any atom is -0.281 e. The molecule has 0 heterocycles. The van der Waals surface area contributed by atoms with Gasteiger partial charge in [0.15, 0.2) is 0 Å². The van der Waals surface area contributed by atoms with Crippen molar-refractivity contribution >= 4 is 29.5 Å². The zero-order valence-electron chi connectivity index (χ0n) is 10.9. The lowest BCUT2D eigenvalue weighted by Crippen LogP contribution is -1.86. The molecule has 1 nitrogen and oxygen atoms in total. The van der Waals surface area contributed by atoms with Crippen molar-refractivity contribution in [3.63, 3.8) is 0 Å². The molecule has 0 aliphatic heterocycles. The normalized spacial score (nSPS) is 10.7. The Bertz CT molecular complexity index is 174. The van der Waals surface area contributed by atoms with E-state index in [1.54, 1.807) is 0 Å².